The van der Waals surface area contributed by atoms with Gasteiger partial charge in [0.25, 0.3) is 0 Å². The van der Waals surface area contributed by atoms with Crippen LogP contribution in [0.2, 0.25) is 0 Å². The quantitative estimate of drug-likeness (QED) is 0.871. The van der Waals surface area contributed by atoms with E-state index in [9.17, 15) is 9.59 Å². The number of carbonyl (C=O) groups excluding carboxylic acids is 2. The van der Waals surface area contributed by atoms with E-state index in [0.29, 0.717) is 31.5 Å². The Labute approximate surface area is 134 Å². The minimum absolute atomic E-state index is 0.0602. The Morgan fingerprint density at radius 1 is 0.955 bits per heavy atom. The monoisotopic (exact) mass is 309 g/mol. The molecule has 3 amide bonds. The maximum absolute atomic E-state index is 12.4. The molecule has 1 saturated heterocycles. The van der Waals surface area contributed by atoms with E-state index in [1.165, 1.54) is 19.3 Å². The Kier molecular flexibility index (Phi) is 6.52. The third-order valence-corrected chi connectivity index (χ3v) is 4.65. The molecule has 0 atom stereocenters. The Bertz CT molecular complexity index is 378. The van der Waals surface area contributed by atoms with Crippen LogP contribution in [-0.4, -0.2) is 54.0 Å². The van der Waals surface area contributed by atoms with E-state index >= 15 is 0 Å². The zero-order valence-corrected chi connectivity index (χ0v) is 14.1. The van der Waals surface area contributed by atoms with Gasteiger partial charge in [0.2, 0.25) is 5.91 Å². The summed E-state index contributed by atoms with van der Waals surface area (Å²) >= 11 is 0. The molecule has 2 rings (SSSR count). The van der Waals surface area contributed by atoms with Crippen molar-refractivity contribution in [2.75, 3.05) is 26.2 Å². The molecule has 0 unspecified atom stereocenters. The Morgan fingerprint density at radius 3 is 2.27 bits per heavy atom. The fourth-order valence-corrected chi connectivity index (χ4v) is 3.36. The highest BCUT2D eigenvalue weighted by atomic mass is 16.2. The van der Waals surface area contributed by atoms with Crippen LogP contribution in [0.15, 0.2) is 0 Å². The van der Waals surface area contributed by atoms with E-state index < -0.39 is 0 Å². The zero-order chi connectivity index (χ0) is 15.9. The van der Waals surface area contributed by atoms with Crippen LogP contribution in [0.4, 0.5) is 4.79 Å². The number of amides is 3. The van der Waals surface area contributed by atoms with Gasteiger partial charge in [-0.3, -0.25) is 4.79 Å². The molecule has 0 spiro atoms. The van der Waals surface area contributed by atoms with Crippen molar-refractivity contribution in [2.45, 2.75) is 64.8 Å². The van der Waals surface area contributed by atoms with Gasteiger partial charge in [-0.1, -0.05) is 33.1 Å². The highest BCUT2D eigenvalue weighted by molar-refractivity contribution is 5.77. The zero-order valence-electron chi connectivity index (χ0n) is 14.1. The van der Waals surface area contributed by atoms with Gasteiger partial charge in [0.05, 0.1) is 0 Å². The summed E-state index contributed by atoms with van der Waals surface area (Å²) in [5.74, 6) is 0.617. The van der Waals surface area contributed by atoms with Crippen molar-refractivity contribution >= 4 is 11.9 Å². The van der Waals surface area contributed by atoms with E-state index in [2.05, 4.69) is 19.2 Å². The number of urea groups is 1. The van der Waals surface area contributed by atoms with Crippen LogP contribution >= 0.6 is 0 Å². The molecule has 5 nitrogen and oxygen atoms in total. The van der Waals surface area contributed by atoms with E-state index in [4.69, 9.17) is 0 Å². The number of carbonyl (C=O) groups is 2. The molecule has 126 valence electrons. The Hall–Kier alpha value is -1.26. The maximum atomic E-state index is 12.4. The van der Waals surface area contributed by atoms with E-state index in [-0.39, 0.29) is 11.9 Å². The lowest BCUT2D eigenvalue weighted by atomic mass is 9.96. The Balaban J connectivity index is 1.79. The summed E-state index contributed by atoms with van der Waals surface area (Å²) < 4.78 is 0. The topological polar surface area (TPSA) is 52.7 Å². The van der Waals surface area contributed by atoms with Crippen molar-refractivity contribution in [3.63, 3.8) is 0 Å². The maximum Gasteiger partial charge on any atom is 0.317 e. The first-order chi connectivity index (χ1) is 10.6. The SMILES string of the molecule is CC(C)CC(=O)N1CCCN(C(=O)NC2CCCCC2)CC1. The fourth-order valence-electron chi connectivity index (χ4n) is 3.36. The van der Waals surface area contributed by atoms with Crippen molar-refractivity contribution in [3.05, 3.63) is 0 Å². The molecule has 5 heteroatoms. The third kappa shape index (κ3) is 5.18. The largest absolute Gasteiger partial charge is 0.341 e. The highest BCUT2D eigenvalue weighted by Gasteiger charge is 2.24. The van der Waals surface area contributed by atoms with Crippen LogP contribution in [0.5, 0.6) is 0 Å². The molecular formula is C17H31N3O2. The van der Waals surface area contributed by atoms with Crippen LogP contribution in [-0.2, 0) is 4.79 Å². The summed E-state index contributed by atoms with van der Waals surface area (Å²) in [4.78, 5) is 28.4. The van der Waals surface area contributed by atoms with Crippen molar-refractivity contribution in [1.82, 2.24) is 15.1 Å². The standard InChI is InChI=1S/C17H31N3O2/c1-14(2)13-16(21)19-9-6-10-20(12-11-19)17(22)18-15-7-4-3-5-8-15/h14-15H,3-13H2,1-2H3,(H,18,22). The van der Waals surface area contributed by atoms with E-state index in [1.807, 2.05) is 9.80 Å². The van der Waals surface area contributed by atoms with E-state index in [0.717, 1.165) is 32.4 Å². The van der Waals surface area contributed by atoms with Crippen LogP contribution in [0.1, 0.15) is 58.8 Å². The van der Waals surface area contributed by atoms with Crippen LogP contribution in [0.3, 0.4) is 0 Å². The van der Waals surface area contributed by atoms with Crippen LogP contribution in [0, 0.1) is 5.92 Å². The summed E-state index contributed by atoms with van der Waals surface area (Å²) in [5.41, 5.74) is 0. The molecule has 0 aromatic heterocycles. The van der Waals surface area contributed by atoms with Crippen molar-refractivity contribution in [3.8, 4) is 0 Å². The second-order valence-electron chi connectivity index (χ2n) is 7.10. The van der Waals surface area contributed by atoms with E-state index in [1.54, 1.807) is 0 Å². The molecule has 1 N–H and O–H groups in total. The number of nitrogens with zero attached hydrogens (tertiary/aromatic N) is 2. The molecule has 0 radical (unpaired) electrons. The molecule has 0 aromatic carbocycles. The number of hydrogen-bond donors (Lipinski definition) is 1. The number of rotatable bonds is 3. The van der Waals surface area contributed by atoms with Crippen molar-refractivity contribution < 1.29 is 9.59 Å². The molecular weight excluding hydrogens is 278 g/mol. The molecule has 1 aliphatic heterocycles. The van der Waals surface area contributed by atoms with Crippen LogP contribution in [0.25, 0.3) is 0 Å². The minimum Gasteiger partial charge on any atom is -0.341 e. The molecule has 1 saturated carbocycles. The number of nitrogens with one attached hydrogen (secondary N) is 1. The molecule has 0 aromatic rings. The average molecular weight is 309 g/mol. The van der Waals surface area contributed by atoms with Gasteiger partial charge in [-0.05, 0) is 25.2 Å². The lowest BCUT2D eigenvalue weighted by Crippen LogP contribution is -2.47. The smallest absolute Gasteiger partial charge is 0.317 e. The molecule has 1 aliphatic carbocycles. The predicted octanol–water partition coefficient (Wildman–Crippen LogP) is 2.61. The van der Waals surface area contributed by atoms with Crippen molar-refractivity contribution in [1.29, 1.82) is 0 Å². The first kappa shape index (κ1) is 17.1. The first-order valence-corrected chi connectivity index (χ1v) is 8.89. The number of hydrogen-bond acceptors (Lipinski definition) is 2. The summed E-state index contributed by atoms with van der Waals surface area (Å²) in [6, 6.07) is 0.410. The summed E-state index contributed by atoms with van der Waals surface area (Å²) in [5, 5.41) is 3.18. The minimum atomic E-state index is 0.0602. The second-order valence-corrected chi connectivity index (χ2v) is 7.10. The van der Waals surface area contributed by atoms with Crippen LogP contribution < -0.4 is 5.32 Å². The Morgan fingerprint density at radius 2 is 1.59 bits per heavy atom. The highest BCUT2D eigenvalue weighted by Crippen LogP contribution is 2.18. The molecule has 2 aliphatic rings. The molecule has 0 bridgehead atoms. The molecule has 22 heavy (non-hydrogen) atoms. The molecule has 2 fully saturated rings. The second kappa shape index (κ2) is 8.39. The predicted molar refractivity (Wildman–Crippen MR) is 87.6 cm³/mol. The van der Waals surface area contributed by atoms with Gasteiger partial charge >= 0.3 is 6.03 Å². The first-order valence-electron chi connectivity index (χ1n) is 8.89. The fraction of sp³-hybridized carbons (Fsp3) is 0.882. The molecule has 1 heterocycles. The normalized spacial score (nSPS) is 20.9. The van der Waals surface area contributed by atoms with Gasteiger partial charge < -0.3 is 15.1 Å². The average Bonchev–Trinajstić information content (AvgIpc) is 2.73. The van der Waals surface area contributed by atoms with Crippen molar-refractivity contribution in [2.24, 2.45) is 5.92 Å². The van der Waals surface area contributed by atoms with Gasteiger partial charge in [0.1, 0.15) is 0 Å². The summed E-state index contributed by atoms with van der Waals surface area (Å²) in [6.07, 6.45) is 7.45. The third-order valence-electron chi connectivity index (χ3n) is 4.65. The van der Waals surface area contributed by atoms with Gasteiger partial charge in [0, 0.05) is 38.6 Å². The lowest BCUT2D eigenvalue weighted by molar-refractivity contribution is -0.131. The summed E-state index contributed by atoms with van der Waals surface area (Å²) in [7, 11) is 0. The summed E-state index contributed by atoms with van der Waals surface area (Å²) in [6.45, 7) is 6.99. The van der Waals surface area contributed by atoms with Gasteiger partial charge in [-0.15, -0.1) is 0 Å². The van der Waals surface area contributed by atoms with Gasteiger partial charge in [-0.25, -0.2) is 4.79 Å². The van der Waals surface area contributed by atoms with Gasteiger partial charge in [0.15, 0.2) is 0 Å². The van der Waals surface area contributed by atoms with Gasteiger partial charge in [-0.2, -0.15) is 0 Å². The lowest BCUT2D eigenvalue weighted by Gasteiger charge is -2.27.